The van der Waals surface area contributed by atoms with Gasteiger partial charge in [-0.25, -0.2) is 0 Å². The third-order valence-corrected chi connectivity index (χ3v) is 4.43. The fraction of sp³-hybridized carbons (Fsp3) is 0.533. The fourth-order valence-electron chi connectivity index (χ4n) is 3.45. The van der Waals surface area contributed by atoms with Crippen LogP contribution in [0.1, 0.15) is 29.6 Å². The summed E-state index contributed by atoms with van der Waals surface area (Å²) in [7, 11) is 0. The minimum Gasteiger partial charge on any atom is -0.399 e. The predicted octanol–water partition coefficient (Wildman–Crippen LogP) is 1.04. The maximum absolute atomic E-state index is 11.7. The molecule has 2 aliphatic rings. The van der Waals surface area contributed by atoms with Gasteiger partial charge in [0.25, 0.3) is 5.91 Å². The maximum atomic E-state index is 11.7. The van der Waals surface area contributed by atoms with Gasteiger partial charge in [0.1, 0.15) is 0 Å². The van der Waals surface area contributed by atoms with E-state index in [1.165, 1.54) is 19.4 Å². The number of carbonyl (C=O) groups excluding carboxylic acids is 1. The molecule has 1 aromatic carbocycles. The largest absolute Gasteiger partial charge is 0.399 e. The SMILES string of the molecule is NC(=O)c1cc(N)ccc1N1CCCN2CCCC2C1. The van der Waals surface area contributed by atoms with Crippen molar-refractivity contribution in [3.05, 3.63) is 23.8 Å². The molecule has 0 aliphatic carbocycles. The molecule has 2 saturated heterocycles. The van der Waals surface area contributed by atoms with E-state index in [9.17, 15) is 4.79 Å². The zero-order valence-electron chi connectivity index (χ0n) is 11.7. The molecule has 2 aliphatic heterocycles. The van der Waals surface area contributed by atoms with Crippen LogP contribution in [0, 0.1) is 0 Å². The zero-order valence-corrected chi connectivity index (χ0v) is 11.7. The second-order valence-corrected chi connectivity index (χ2v) is 5.77. The van der Waals surface area contributed by atoms with Gasteiger partial charge in [-0.15, -0.1) is 0 Å². The normalized spacial score (nSPS) is 23.4. The highest BCUT2D eigenvalue weighted by Gasteiger charge is 2.29. The van der Waals surface area contributed by atoms with E-state index in [1.54, 1.807) is 6.07 Å². The topological polar surface area (TPSA) is 75.6 Å². The molecule has 0 bridgehead atoms. The van der Waals surface area contributed by atoms with Crippen molar-refractivity contribution in [2.45, 2.75) is 25.3 Å². The Morgan fingerprint density at radius 3 is 2.80 bits per heavy atom. The molecule has 108 valence electrons. The number of amides is 1. The van der Waals surface area contributed by atoms with Gasteiger partial charge in [0.05, 0.1) is 5.56 Å². The van der Waals surface area contributed by atoms with Crippen molar-refractivity contribution < 1.29 is 4.79 Å². The molecule has 1 aromatic rings. The Hall–Kier alpha value is -1.75. The highest BCUT2D eigenvalue weighted by atomic mass is 16.1. The minimum atomic E-state index is -0.403. The Labute approximate surface area is 119 Å². The van der Waals surface area contributed by atoms with Gasteiger partial charge in [0, 0.05) is 37.1 Å². The number of nitrogen functional groups attached to an aromatic ring is 1. The lowest BCUT2D eigenvalue weighted by atomic mass is 10.1. The molecule has 4 N–H and O–H groups in total. The van der Waals surface area contributed by atoms with Crippen LogP contribution in [-0.4, -0.2) is 43.0 Å². The summed E-state index contributed by atoms with van der Waals surface area (Å²) in [6.07, 6.45) is 3.65. The molecule has 5 heteroatoms. The quantitative estimate of drug-likeness (QED) is 0.790. The summed E-state index contributed by atoms with van der Waals surface area (Å²) in [6, 6.07) is 6.07. The average molecular weight is 274 g/mol. The number of hydrogen-bond donors (Lipinski definition) is 2. The Balaban J connectivity index is 1.89. The number of carbonyl (C=O) groups is 1. The molecule has 0 saturated carbocycles. The third kappa shape index (κ3) is 2.45. The fourth-order valence-corrected chi connectivity index (χ4v) is 3.45. The summed E-state index contributed by atoms with van der Waals surface area (Å²) >= 11 is 0. The highest BCUT2D eigenvalue weighted by Crippen LogP contribution is 2.28. The van der Waals surface area contributed by atoms with Crippen molar-refractivity contribution in [3.8, 4) is 0 Å². The second kappa shape index (κ2) is 5.32. The third-order valence-electron chi connectivity index (χ3n) is 4.43. The van der Waals surface area contributed by atoms with E-state index in [4.69, 9.17) is 11.5 Å². The van der Waals surface area contributed by atoms with E-state index >= 15 is 0 Å². The Kier molecular flexibility index (Phi) is 3.53. The molecule has 2 heterocycles. The van der Waals surface area contributed by atoms with Crippen molar-refractivity contribution in [3.63, 3.8) is 0 Å². The number of rotatable bonds is 2. The summed E-state index contributed by atoms with van der Waals surface area (Å²) in [5.41, 5.74) is 13.3. The number of anilines is 2. The smallest absolute Gasteiger partial charge is 0.250 e. The first-order valence-corrected chi connectivity index (χ1v) is 7.33. The van der Waals surface area contributed by atoms with Crippen LogP contribution in [0.5, 0.6) is 0 Å². The lowest BCUT2D eigenvalue weighted by Crippen LogP contribution is -2.37. The number of nitrogens with zero attached hydrogens (tertiary/aromatic N) is 2. The van der Waals surface area contributed by atoms with Crippen molar-refractivity contribution in [2.24, 2.45) is 5.73 Å². The van der Waals surface area contributed by atoms with Gasteiger partial charge in [-0.05, 0) is 44.0 Å². The number of nitrogens with two attached hydrogens (primary N) is 2. The van der Waals surface area contributed by atoms with Gasteiger partial charge in [0.15, 0.2) is 0 Å². The van der Waals surface area contributed by atoms with Gasteiger partial charge in [-0.1, -0.05) is 0 Å². The molecule has 0 spiro atoms. The molecular formula is C15H22N4O. The molecule has 1 unspecified atom stereocenters. The lowest BCUT2D eigenvalue weighted by Gasteiger charge is -2.28. The molecular weight excluding hydrogens is 252 g/mol. The van der Waals surface area contributed by atoms with Gasteiger partial charge in [-0.2, -0.15) is 0 Å². The summed E-state index contributed by atoms with van der Waals surface area (Å²) in [5.74, 6) is -0.403. The predicted molar refractivity (Wildman–Crippen MR) is 80.8 cm³/mol. The minimum absolute atomic E-state index is 0.403. The standard InChI is InChI=1S/C15H22N4O/c16-11-4-5-14(13(9-11)15(17)20)19-8-2-7-18-6-1-3-12(18)10-19/h4-5,9,12H,1-3,6-8,10,16H2,(H2,17,20). The summed E-state index contributed by atoms with van der Waals surface area (Å²) in [6.45, 7) is 4.31. The first-order chi connectivity index (χ1) is 9.65. The van der Waals surface area contributed by atoms with Crippen LogP contribution in [0.15, 0.2) is 18.2 Å². The monoisotopic (exact) mass is 274 g/mol. The van der Waals surface area contributed by atoms with Crippen molar-refractivity contribution in [2.75, 3.05) is 36.8 Å². The number of fused-ring (bicyclic) bond motifs is 1. The first kappa shape index (κ1) is 13.2. The van der Waals surface area contributed by atoms with E-state index in [-0.39, 0.29) is 0 Å². The first-order valence-electron chi connectivity index (χ1n) is 7.33. The van der Waals surface area contributed by atoms with Gasteiger partial charge >= 0.3 is 0 Å². The Morgan fingerprint density at radius 2 is 2.00 bits per heavy atom. The van der Waals surface area contributed by atoms with Crippen LogP contribution in [0.2, 0.25) is 0 Å². The van der Waals surface area contributed by atoms with Crippen LogP contribution in [-0.2, 0) is 0 Å². The second-order valence-electron chi connectivity index (χ2n) is 5.77. The van der Waals surface area contributed by atoms with Crippen LogP contribution in [0.3, 0.4) is 0 Å². The summed E-state index contributed by atoms with van der Waals surface area (Å²) in [5, 5.41) is 0. The molecule has 0 aromatic heterocycles. The molecule has 20 heavy (non-hydrogen) atoms. The molecule has 1 atom stereocenters. The van der Waals surface area contributed by atoms with E-state index in [0.29, 0.717) is 17.3 Å². The van der Waals surface area contributed by atoms with E-state index in [2.05, 4.69) is 9.80 Å². The molecule has 2 fully saturated rings. The molecule has 3 rings (SSSR count). The Morgan fingerprint density at radius 1 is 1.20 bits per heavy atom. The number of hydrogen-bond acceptors (Lipinski definition) is 4. The van der Waals surface area contributed by atoms with Crippen molar-refractivity contribution >= 4 is 17.3 Å². The zero-order chi connectivity index (χ0) is 14.1. The maximum Gasteiger partial charge on any atom is 0.250 e. The van der Waals surface area contributed by atoms with E-state index < -0.39 is 5.91 Å². The highest BCUT2D eigenvalue weighted by molar-refractivity contribution is 5.99. The number of primary amides is 1. The van der Waals surface area contributed by atoms with Crippen LogP contribution < -0.4 is 16.4 Å². The Bertz CT molecular complexity index is 517. The van der Waals surface area contributed by atoms with E-state index in [0.717, 1.165) is 31.7 Å². The van der Waals surface area contributed by atoms with E-state index in [1.807, 2.05) is 12.1 Å². The van der Waals surface area contributed by atoms with Crippen molar-refractivity contribution in [1.29, 1.82) is 0 Å². The molecule has 1 amide bonds. The molecule has 0 radical (unpaired) electrons. The number of benzene rings is 1. The van der Waals surface area contributed by atoms with Crippen LogP contribution in [0.25, 0.3) is 0 Å². The van der Waals surface area contributed by atoms with Gasteiger partial charge in [-0.3, -0.25) is 9.69 Å². The van der Waals surface area contributed by atoms with Crippen LogP contribution in [0.4, 0.5) is 11.4 Å². The molecule has 5 nitrogen and oxygen atoms in total. The van der Waals surface area contributed by atoms with Gasteiger partial charge < -0.3 is 16.4 Å². The van der Waals surface area contributed by atoms with Crippen LogP contribution >= 0.6 is 0 Å². The summed E-state index contributed by atoms with van der Waals surface area (Å²) in [4.78, 5) is 16.5. The average Bonchev–Trinajstić information content (AvgIpc) is 2.76. The summed E-state index contributed by atoms with van der Waals surface area (Å²) < 4.78 is 0. The lowest BCUT2D eigenvalue weighted by molar-refractivity contribution is 0.100. The van der Waals surface area contributed by atoms with Gasteiger partial charge in [0.2, 0.25) is 0 Å². The van der Waals surface area contributed by atoms with Crippen molar-refractivity contribution in [1.82, 2.24) is 4.90 Å².